The number of aryl methyl sites for hydroxylation is 1. The number of halogens is 1. The third-order valence-corrected chi connectivity index (χ3v) is 5.36. The fourth-order valence-electron chi connectivity index (χ4n) is 2.07. The van der Waals surface area contributed by atoms with Crippen LogP contribution >= 0.6 is 45.7 Å². The molecule has 0 fully saturated rings. The summed E-state index contributed by atoms with van der Waals surface area (Å²) in [4.78, 5) is 1.62. The number of rotatable bonds is 4. The number of nitrogens with one attached hydrogen (secondary N) is 1. The van der Waals surface area contributed by atoms with E-state index in [0.29, 0.717) is 6.04 Å². The molecule has 0 aliphatic heterocycles. The topological polar surface area (TPSA) is 12.0 Å². The number of thioether (sulfide) groups is 1. The summed E-state index contributed by atoms with van der Waals surface area (Å²) >= 11 is 6.33. The average Bonchev–Trinajstić information content (AvgIpc) is 2.59. The van der Waals surface area contributed by atoms with E-state index in [2.05, 4.69) is 40.2 Å². The number of fused-ring (bicyclic) bond motifs is 1. The van der Waals surface area contributed by atoms with Crippen LogP contribution in [0, 0.1) is 2.88 Å². The van der Waals surface area contributed by atoms with Crippen LogP contribution in [-0.4, -0.2) is 18.6 Å². The van der Waals surface area contributed by atoms with Gasteiger partial charge in [0.1, 0.15) is 0 Å². The summed E-state index contributed by atoms with van der Waals surface area (Å²) in [6.07, 6.45) is 6.12. The van der Waals surface area contributed by atoms with Gasteiger partial charge < -0.3 is 5.32 Å². The van der Waals surface area contributed by atoms with Crippen molar-refractivity contribution >= 4 is 45.7 Å². The molecule has 0 saturated carbocycles. The molecule has 2 rings (SSSR count). The molecule has 4 heteroatoms. The molecular weight excluding hydrogens is 337 g/mol. The van der Waals surface area contributed by atoms with Crippen molar-refractivity contribution in [2.75, 3.05) is 18.6 Å². The first-order valence-corrected chi connectivity index (χ1v) is 8.60. The summed E-state index contributed by atoms with van der Waals surface area (Å²) in [5.41, 5.74) is 1.58. The minimum Gasteiger partial charge on any atom is -0.309 e. The van der Waals surface area contributed by atoms with Gasteiger partial charge in [-0.25, -0.2) is 0 Å². The molecule has 0 saturated heterocycles. The maximum Gasteiger partial charge on any atom is 0.0659 e. The third kappa shape index (κ3) is 3.11. The second-order valence-electron chi connectivity index (χ2n) is 3.82. The molecule has 0 aromatic carbocycles. The van der Waals surface area contributed by atoms with Gasteiger partial charge in [0.25, 0.3) is 0 Å². The van der Waals surface area contributed by atoms with Gasteiger partial charge in [-0.1, -0.05) is 0 Å². The molecular formula is C11H16INS2. The highest BCUT2D eigenvalue weighted by atomic mass is 127. The van der Waals surface area contributed by atoms with Crippen molar-refractivity contribution in [2.24, 2.45) is 0 Å². The van der Waals surface area contributed by atoms with E-state index in [-0.39, 0.29) is 0 Å². The molecule has 0 bridgehead atoms. The van der Waals surface area contributed by atoms with Crippen LogP contribution in [0.5, 0.6) is 0 Å². The van der Waals surface area contributed by atoms with Gasteiger partial charge in [-0.15, -0.1) is 11.3 Å². The smallest absolute Gasteiger partial charge is 0.0659 e. The van der Waals surface area contributed by atoms with Crippen LogP contribution in [0.2, 0.25) is 0 Å². The second kappa shape index (κ2) is 5.89. The predicted octanol–water partition coefficient (Wildman–Crippen LogP) is 3.68. The van der Waals surface area contributed by atoms with E-state index in [4.69, 9.17) is 0 Å². The van der Waals surface area contributed by atoms with Crippen LogP contribution in [0.3, 0.4) is 0 Å². The molecule has 1 aliphatic rings. The van der Waals surface area contributed by atoms with Gasteiger partial charge in [0.15, 0.2) is 0 Å². The number of hydrogen-bond donors (Lipinski definition) is 1. The molecule has 1 nitrogen and oxygen atoms in total. The fourth-order valence-corrected chi connectivity index (χ4v) is 4.51. The van der Waals surface area contributed by atoms with Crippen molar-refractivity contribution < 1.29 is 0 Å². The standard InChI is InChI=1S/C11H16INS2/c1-14-6-5-13-9-3-2-4-10-8(9)7-11(12)15-10/h7,9,13H,2-6H2,1H3. The predicted molar refractivity (Wildman–Crippen MR) is 79.1 cm³/mol. The van der Waals surface area contributed by atoms with E-state index in [1.165, 1.54) is 27.9 Å². The van der Waals surface area contributed by atoms with Crippen molar-refractivity contribution in [2.45, 2.75) is 25.3 Å². The number of hydrogen-bond acceptors (Lipinski definition) is 3. The van der Waals surface area contributed by atoms with Crippen molar-refractivity contribution in [3.63, 3.8) is 0 Å². The Morgan fingerprint density at radius 2 is 2.53 bits per heavy atom. The van der Waals surface area contributed by atoms with Gasteiger partial charge in [0, 0.05) is 23.2 Å². The molecule has 1 aliphatic carbocycles. The van der Waals surface area contributed by atoms with E-state index in [9.17, 15) is 0 Å². The fraction of sp³-hybridized carbons (Fsp3) is 0.636. The molecule has 1 aromatic heterocycles. The minimum absolute atomic E-state index is 0.626. The Morgan fingerprint density at radius 1 is 1.67 bits per heavy atom. The lowest BCUT2D eigenvalue weighted by molar-refractivity contribution is 0.477. The van der Waals surface area contributed by atoms with Crippen LogP contribution in [0.25, 0.3) is 0 Å². The Kier molecular flexibility index (Phi) is 4.79. The molecule has 15 heavy (non-hydrogen) atoms. The molecule has 0 spiro atoms. The Labute approximate surface area is 114 Å². The summed E-state index contributed by atoms with van der Waals surface area (Å²) in [6.45, 7) is 1.14. The Balaban J connectivity index is 2.01. The molecule has 1 unspecified atom stereocenters. The summed E-state index contributed by atoms with van der Waals surface area (Å²) in [7, 11) is 0. The van der Waals surface area contributed by atoms with Crippen LogP contribution in [-0.2, 0) is 6.42 Å². The Hall–Kier alpha value is 0.740. The van der Waals surface area contributed by atoms with Gasteiger partial charge >= 0.3 is 0 Å². The first-order valence-electron chi connectivity index (χ1n) is 5.31. The summed E-state index contributed by atoms with van der Waals surface area (Å²) in [5, 5.41) is 3.67. The maximum atomic E-state index is 3.67. The first kappa shape index (κ1) is 12.2. The van der Waals surface area contributed by atoms with Crippen LogP contribution in [0.1, 0.15) is 29.3 Å². The normalized spacial score (nSPS) is 20.3. The summed E-state index contributed by atoms with van der Waals surface area (Å²) in [6, 6.07) is 3.00. The lowest BCUT2D eigenvalue weighted by Crippen LogP contribution is -2.26. The van der Waals surface area contributed by atoms with Crippen molar-refractivity contribution in [3.05, 3.63) is 19.4 Å². The van der Waals surface area contributed by atoms with Crippen molar-refractivity contribution in [3.8, 4) is 0 Å². The maximum absolute atomic E-state index is 3.67. The highest BCUT2D eigenvalue weighted by Gasteiger charge is 2.21. The molecule has 1 atom stereocenters. The third-order valence-electron chi connectivity index (χ3n) is 2.78. The zero-order valence-electron chi connectivity index (χ0n) is 8.88. The molecule has 1 heterocycles. The minimum atomic E-state index is 0.626. The average molecular weight is 353 g/mol. The monoisotopic (exact) mass is 353 g/mol. The van der Waals surface area contributed by atoms with Gasteiger partial charge in [-0.2, -0.15) is 11.8 Å². The summed E-state index contributed by atoms with van der Waals surface area (Å²) < 4.78 is 1.44. The van der Waals surface area contributed by atoms with E-state index in [0.717, 1.165) is 6.54 Å². The van der Waals surface area contributed by atoms with Crippen molar-refractivity contribution in [1.29, 1.82) is 0 Å². The Morgan fingerprint density at radius 3 is 3.33 bits per heavy atom. The largest absolute Gasteiger partial charge is 0.309 e. The highest BCUT2D eigenvalue weighted by Crippen LogP contribution is 2.36. The van der Waals surface area contributed by atoms with E-state index < -0.39 is 0 Å². The van der Waals surface area contributed by atoms with Gasteiger partial charge in [0.05, 0.1) is 2.88 Å². The van der Waals surface area contributed by atoms with Gasteiger partial charge in [-0.05, 0) is 59.7 Å². The van der Waals surface area contributed by atoms with Crippen LogP contribution in [0.15, 0.2) is 6.07 Å². The SMILES string of the molecule is CSCCNC1CCCc2sc(I)cc21. The lowest BCUT2D eigenvalue weighted by Gasteiger charge is -2.23. The molecule has 1 N–H and O–H groups in total. The van der Waals surface area contributed by atoms with Crippen LogP contribution < -0.4 is 5.32 Å². The van der Waals surface area contributed by atoms with Crippen LogP contribution in [0.4, 0.5) is 0 Å². The van der Waals surface area contributed by atoms with E-state index in [1.807, 2.05) is 23.1 Å². The highest BCUT2D eigenvalue weighted by molar-refractivity contribution is 14.1. The summed E-state index contributed by atoms with van der Waals surface area (Å²) in [5.74, 6) is 1.22. The van der Waals surface area contributed by atoms with Gasteiger partial charge in [-0.3, -0.25) is 0 Å². The molecule has 0 amide bonds. The molecule has 0 radical (unpaired) electrons. The zero-order valence-corrected chi connectivity index (χ0v) is 12.7. The molecule has 84 valence electrons. The molecule has 1 aromatic rings. The van der Waals surface area contributed by atoms with Gasteiger partial charge in [0.2, 0.25) is 0 Å². The first-order chi connectivity index (χ1) is 7.31. The number of thiophene rings is 1. The zero-order chi connectivity index (χ0) is 10.7. The van der Waals surface area contributed by atoms with Crippen molar-refractivity contribution in [1.82, 2.24) is 5.32 Å². The second-order valence-corrected chi connectivity index (χ2v) is 7.84. The lowest BCUT2D eigenvalue weighted by atomic mass is 9.94. The Bertz CT molecular complexity index is 324. The quantitative estimate of drug-likeness (QED) is 0.655. The van der Waals surface area contributed by atoms with E-state index >= 15 is 0 Å². The van der Waals surface area contributed by atoms with E-state index in [1.54, 1.807) is 10.4 Å².